The third-order valence-corrected chi connectivity index (χ3v) is 3.32. The molecule has 2 aromatic rings. The fraction of sp³-hybridized carbons (Fsp3) is 0. The van der Waals surface area contributed by atoms with Crippen molar-refractivity contribution in [1.82, 2.24) is 4.98 Å². The van der Waals surface area contributed by atoms with E-state index in [-0.39, 0.29) is 22.0 Å². The molecule has 0 atom stereocenters. The first-order valence-electron chi connectivity index (χ1n) is 5.13. The molecule has 0 saturated carbocycles. The van der Waals surface area contributed by atoms with Crippen LogP contribution in [0.5, 0.6) is 5.75 Å². The Morgan fingerprint density at radius 2 is 2.11 bits per heavy atom. The van der Waals surface area contributed by atoms with E-state index in [9.17, 15) is 15.2 Å². The largest absolute Gasteiger partial charge is 0.507 e. The number of phenols is 1. The maximum atomic E-state index is 11.0. The van der Waals surface area contributed by atoms with Gasteiger partial charge < -0.3 is 5.11 Å². The molecule has 1 aromatic carbocycles. The van der Waals surface area contributed by atoms with Crippen molar-refractivity contribution >= 4 is 17.4 Å². The van der Waals surface area contributed by atoms with E-state index in [4.69, 9.17) is 5.26 Å². The number of nitro groups is 1. The highest BCUT2D eigenvalue weighted by Gasteiger charge is 2.22. The number of nitrogens with zero attached hydrogens (tertiary/aromatic N) is 3. The average molecular weight is 273 g/mol. The molecule has 0 aliphatic rings. The van der Waals surface area contributed by atoms with Crippen LogP contribution in [0, 0.1) is 21.4 Å². The zero-order valence-electron chi connectivity index (χ0n) is 9.48. The second-order valence-corrected chi connectivity index (χ2v) is 4.48. The normalized spacial score (nSPS) is 9.84. The Hall–Kier alpha value is -2.59. The lowest BCUT2D eigenvalue weighted by Gasteiger charge is -2.04. The van der Waals surface area contributed by atoms with Crippen molar-refractivity contribution in [3.63, 3.8) is 0 Å². The lowest BCUT2D eigenvalue weighted by Crippen LogP contribution is -1.97. The summed E-state index contributed by atoms with van der Waals surface area (Å²) in [5, 5.41) is 29.6. The van der Waals surface area contributed by atoms with Gasteiger partial charge in [0, 0.05) is 6.20 Å². The Morgan fingerprint density at radius 3 is 2.74 bits per heavy atom. The molecule has 0 aliphatic carbocycles. The predicted molar refractivity (Wildman–Crippen MR) is 67.8 cm³/mol. The Labute approximate surface area is 112 Å². The van der Waals surface area contributed by atoms with Gasteiger partial charge in [0.2, 0.25) is 0 Å². The summed E-state index contributed by atoms with van der Waals surface area (Å²) in [5.74, 6) is 0.00552. The van der Waals surface area contributed by atoms with E-state index >= 15 is 0 Å². The summed E-state index contributed by atoms with van der Waals surface area (Å²) >= 11 is 0.945. The standard InChI is InChI=1S/C12H7N3O3S/c13-7-8-5-6-14-12(11(8)15(17)18)19-10-4-2-1-3-9(10)16/h1-6,16H. The first kappa shape index (κ1) is 12.9. The van der Waals surface area contributed by atoms with Crippen LogP contribution >= 0.6 is 11.8 Å². The molecule has 0 unspecified atom stereocenters. The third kappa shape index (κ3) is 2.64. The fourth-order valence-corrected chi connectivity index (χ4v) is 2.35. The molecule has 7 heteroatoms. The van der Waals surface area contributed by atoms with Crippen molar-refractivity contribution in [3.05, 3.63) is 52.2 Å². The van der Waals surface area contributed by atoms with Crippen LogP contribution in [0.3, 0.4) is 0 Å². The number of benzene rings is 1. The Kier molecular flexibility index (Phi) is 3.63. The van der Waals surface area contributed by atoms with E-state index in [2.05, 4.69) is 4.98 Å². The molecule has 0 spiro atoms. The van der Waals surface area contributed by atoms with Crippen LogP contribution in [0.4, 0.5) is 5.69 Å². The molecule has 1 heterocycles. The molecule has 94 valence electrons. The van der Waals surface area contributed by atoms with E-state index in [1.165, 1.54) is 18.3 Å². The van der Waals surface area contributed by atoms with Crippen molar-refractivity contribution in [1.29, 1.82) is 5.26 Å². The van der Waals surface area contributed by atoms with E-state index in [0.717, 1.165) is 11.8 Å². The SMILES string of the molecule is N#Cc1ccnc(Sc2ccccc2O)c1[N+](=O)[O-]. The van der Waals surface area contributed by atoms with Crippen molar-refractivity contribution in [3.8, 4) is 11.8 Å². The molecular formula is C12H7N3O3S. The van der Waals surface area contributed by atoms with E-state index in [1.807, 2.05) is 0 Å². The summed E-state index contributed by atoms with van der Waals surface area (Å²) in [5.41, 5.74) is -0.406. The van der Waals surface area contributed by atoms with Gasteiger partial charge >= 0.3 is 5.69 Å². The minimum atomic E-state index is -0.645. The number of pyridine rings is 1. The molecule has 1 aromatic heterocycles. The second kappa shape index (κ2) is 5.37. The second-order valence-electron chi connectivity index (χ2n) is 3.45. The van der Waals surface area contributed by atoms with Crippen molar-refractivity contribution in [2.75, 3.05) is 0 Å². The van der Waals surface area contributed by atoms with Crippen molar-refractivity contribution in [2.45, 2.75) is 9.92 Å². The molecule has 0 aliphatic heterocycles. The molecule has 0 radical (unpaired) electrons. The molecule has 2 rings (SSSR count). The molecular weight excluding hydrogens is 266 g/mol. The first-order valence-corrected chi connectivity index (χ1v) is 5.94. The highest BCUT2D eigenvalue weighted by Crippen LogP contribution is 2.38. The number of phenolic OH excluding ortho intramolecular Hbond substituents is 1. The van der Waals surface area contributed by atoms with Gasteiger partial charge in [-0.05, 0) is 18.2 Å². The summed E-state index contributed by atoms with van der Waals surface area (Å²) in [6.07, 6.45) is 1.33. The topological polar surface area (TPSA) is 100 Å². The Morgan fingerprint density at radius 1 is 1.37 bits per heavy atom. The van der Waals surface area contributed by atoms with Crippen LogP contribution in [0.15, 0.2) is 46.5 Å². The smallest absolute Gasteiger partial charge is 0.319 e. The average Bonchev–Trinajstić information content (AvgIpc) is 2.40. The van der Waals surface area contributed by atoms with Gasteiger partial charge in [0.25, 0.3) is 0 Å². The van der Waals surface area contributed by atoms with Gasteiger partial charge in [0.1, 0.15) is 17.4 Å². The van der Waals surface area contributed by atoms with Crippen LogP contribution < -0.4 is 0 Å². The number of hydrogen-bond donors (Lipinski definition) is 1. The lowest BCUT2D eigenvalue weighted by atomic mass is 10.2. The molecule has 19 heavy (non-hydrogen) atoms. The number of hydrogen-bond acceptors (Lipinski definition) is 6. The number of aromatic hydroxyl groups is 1. The summed E-state index contributed by atoms with van der Waals surface area (Å²) in [4.78, 5) is 14.7. The summed E-state index contributed by atoms with van der Waals surface area (Å²) in [7, 11) is 0. The van der Waals surface area contributed by atoms with Crippen LogP contribution in [0.2, 0.25) is 0 Å². The van der Waals surface area contributed by atoms with E-state index < -0.39 is 4.92 Å². The number of para-hydroxylation sites is 1. The van der Waals surface area contributed by atoms with Crippen LogP contribution in [-0.2, 0) is 0 Å². The molecule has 1 N–H and O–H groups in total. The molecule has 0 bridgehead atoms. The maximum Gasteiger partial charge on any atom is 0.319 e. The zero-order chi connectivity index (χ0) is 13.8. The van der Waals surface area contributed by atoms with Gasteiger partial charge in [-0.25, -0.2) is 4.98 Å². The quantitative estimate of drug-likeness (QED) is 0.681. The molecule has 6 nitrogen and oxygen atoms in total. The van der Waals surface area contributed by atoms with Gasteiger partial charge in [0.15, 0.2) is 5.03 Å². The first-order chi connectivity index (χ1) is 9.13. The van der Waals surface area contributed by atoms with E-state index in [1.54, 1.807) is 24.3 Å². The van der Waals surface area contributed by atoms with Gasteiger partial charge in [-0.3, -0.25) is 10.1 Å². The fourth-order valence-electron chi connectivity index (χ4n) is 1.42. The summed E-state index contributed by atoms with van der Waals surface area (Å²) in [6.45, 7) is 0. The van der Waals surface area contributed by atoms with Crippen LogP contribution in [0.1, 0.15) is 5.56 Å². The van der Waals surface area contributed by atoms with Gasteiger partial charge in [-0.15, -0.1) is 0 Å². The van der Waals surface area contributed by atoms with Crippen molar-refractivity contribution < 1.29 is 10.0 Å². The highest BCUT2D eigenvalue weighted by atomic mass is 32.2. The molecule has 0 saturated heterocycles. The number of aromatic nitrogens is 1. The van der Waals surface area contributed by atoms with Crippen molar-refractivity contribution in [2.24, 2.45) is 0 Å². The summed E-state index contributed by atoms with van der Waals surface area (Å²) < 4.78 is 0. The minimum absolute atomic E-state index is 0.00552. The number of rotatable bonds is 3. The molecule has 0 fully saturated rings. The monoisotopic (exact) mass is 273 g/mol. The Balaban J connectivity index is 2.50. The highest BCUT2D eigenvalue weighted by molar-refractivity contribution is 7.99. The maximum absolute atomic E-state index is 11.0. The van der Waals surface area contributed by atoms with Crippen LogP contribution in [-0.4, -0.2) is 15.0 Å². The van der Waals surface area contributed by atoms with Gasteiger partial charge in [0.05, 0.1) is 9.82 Å². The third-order valence-electron chi connectivity index (χ3n) is 2.27. The lowest BCUT2D eigenvalue weighted by molar-refractivity contribution is -0.388. The van der Waals surface area contributed by atoms with Gasteiger partial charge in [-0.2, -0.15) is 5.26 Å². The molecule has 0 amide bonds. The minimum Gasteiger partial charge on any atom is -0.507 e. The van der Waals surface area contributed by atoms with Crippen LogP contribution in [0.25, 0.3) is 0 Å². The zero-order valence-corrected chi connectivity index (χ0v) is 10.3. The summed E-state index contributed by atoms with van der Waals surface area (Å²) in [6, 6.07) is 9.48. The Bertz CT molecular complexity index is 682. The van der Waals surface area contributed by atoms with E-state index in [0.29, 0.717) is 4.90 Å². The number of nitriles is 1. The predicted octanol–water partition coefficient (Wildman–Crippen LogP) is 2.72. The van der Waals surface area contributed by atoms with Gasteiger partial charge in [-0.1, -0.05) is 23.9 Å².